The van der Waals surface area contributed by atoms with Crippen LogP contribution in [-0.2, 0) is 6.54 Å². The van der Waals surface area contributed by atoms with Gasteiger partial charge in [-0.1, -0.05) is 12.8 Å². The minimum atomic E-state index is -0.645. The molecule has 1 aromatic carbocycles. The highest BCUT2D eigenvalue weighted by molar-refractivity contribution is 5.75. The second-order valence-corrected chi connectivity index (χ2v) is 11.4. The second kappa shape index (κ2) is 10.5. The Balaban J connectivity index is 1.25. The molecule has 6 rings (SSSR count). The first-order valence-electron chi connectivity index (χ1n) is 13.9. The monoisotopic (exact) mass is 554 g/mol. The van der Waals surface area contributed by atoms with Crippen molar-refractivity contribution in [3.05, 3.63) is 81.7 Å². The Labute approximate surface area is 230 Å². The summed E-state index contributed by atoms with van der Waals surface area (Å²) >= 11 is 0. The highest BCUT2D eigenvalue weighted by Gasteiger charge is 2.46. The number of pyridine rings is 1. The Hall–Kier alpha value is -3.44. The number of likely N-dealkylation sites (tertiary alicyclic amines) is 1. The molecule has 4 heterocycles. The molecule has 0 unspecified atom stereocenters. The van der Waals surface area contributed by atoms with Crippen LogP contribution in [-0.4, -0.2) is 67.9 Å². The van der Waals surface area contributed by atoms with E-state index in [-0.39, 0.29) is 28.7 Å². The molecule has 8 nitrogen and oxygen atoms in total. The number of halogens is 3. The lowest BCUT2D eigenvalue weighted by Gasteiger charge is -2.51. The van der Waals surface area contributed by atoms with Crippen LogP contribution in [0.4, 0.5) is 18.0 Å². The van der Waals surface area contributed by atoms with Crippen LogP contribution in [0.2, 0.25) is 0 Å². The van der Waals surface area contributed by atoms with Crippen molar-refractivity contribution in [1.29, 1.82) is 0 Å². The number of hydrogen-bond donors (Lipinski definition) is 1. The van der Waals surface area contributed by atoms with Gasteiger partial charge in [-0.2, -0.15) is 0 Å². The molecule has 2 N–H and O–H groups in total. The number of urea groups is 1. The molecule has 2 amide bonds. The van der Waals surface area contributed by atoms with Gasteiger partial charge < -0.3 is 15.5 Å². The van der Waals surface area contributed by atoms with E-state index >= 15 is 0 Å². The van der Waals surface area contributed by atoms with Crippen molar-refractivity contribution in [3.8, 4) is 0 Å². The molecule has 212 valence electrons. The highest BCUT2D eigenvalue weighted by Crippen LogP contribution is 2.40. The second-order valence-electron chi connectivity index (χ2n) is 11.4. The first-order chi connectivity index (χ1) is 19.2. The zero-order valence-electron chi connectivity index (χ0n) is 22.2. The number of rotatable bonds is 3. The Morgan fingerprint density at radius 2 is 1.82 bits per heavy atom. The summed E-state index contributed by atoms with van der Waals surface area (Å²) in [4.78, 5) is 37.2. The van der Waals surface area contributed by atoms with Crippen LogP contribution in [0.3, 0.4) is 0 Å². The van der Waals surface area contributed by atoms with Gasteiger partial charge in [-0.15, -0.1) is 0 Å². The maximum atomic E-state index is 14.8. The fourth-order valence-electron chi connectivity index (χ4n) is 6.80. The van der Waals surface area contributed by atoms with Gasteiger partial charge in [0.25, 0.3) is 5.56 Å². The molecule has 0 radical (unpaired) electrons. The zero-order chi connectivity index (χ0) is 28.0. The lowest BCUT2D eigenvalue weighted by atomic mass is 9.90. The smallest absolute Gasteiger partial charge is 0.320 e. The maximum Gasteiger partial charge on any atom is 0.320 e. The Kier molecular flexibility index (Phi) is 7.03. The molecule has 11 heteroatoms. The number of piperidine rings is 1. The molecule has 2 saturated heterocycles. The Morgan fingerprint density at radius 1 is 1.05 bits per heavy atom. The lowest BCUT2D eigenvalue weighted by molar-refractivity contribution is -0.00212. The van der Waals surface area contributed by atoms with E-state index < -0.39 is 23.5 Å². The van der Waals surface area contributed by atoms with Crippen molar-refractivity contribution in [2.75, 3.05) is 26.2 Å². The molecule has 0 bridgehead atoms. The molecular weight excluding hydrogens is 521 g/mol. The predicted octanol–water partition coefficient (Wildman–Crippen LogP) is 3.83. The van der Waals surface area contributed by atoms with Gasteiger partial charge in [-0.25, -0.2) is 22.9 Å². The third-order valence-corrected chi connectivity index (χ3v) is 8.90. The van der Waals surface area contributed by atoms with Crippen LogP contribution in [0.5, 0.6) is 0 Å². The van der Waals surface area contributed by atoms with Gasteiger partial charge in [0.1, 0.15) is 23.1 Å². The zero-order valence-corrected chi connectivity index (χ0v) is 22.2. The van der Waals surface area contributed by atoms with E-state index in [1.165, 1.54) is 16.5 Å². The molecule has 1 aliphatic carbocycles. The van der Waals surface area contributed by atoms with Gasteiger partial charge in [-0.05, 0) is 56.0 Å². The van der Waals surface area contributed by atoms with Gasteiger partial charge >= 0.3 is 6.03 Å². The number of amides is 2. The number of piperazine rings is 1. The van der Waals surface area contributed by atoms with Crippen LogP contribution >= 0.6 is 0 Å². The maximum absolute atomic E-state index is 14.8. The summed E-state index contributed by atoms with van der Waals surface area (Å²) in [6.07, 6.45) is 7.42. The summed E-state index contributed by atoms with van der Waals surface area (Å²) in [6.45, 7) is 2.17. The molecule has 2 aliphatic heterocycles. The number of carbonyl (C=O) groups is 1. The van der Waals surface area contributed by atoms with Gasteiger partial charge in [0.15, 0.2) is 0 Å². The minimum Gasteiger partial charge on any atom is -0.328 e. The fourth-order valence-corrected chi connectivity index (χ4v) is 6.80. The molecule has 3 aliphatic rings. The summed E-state index contributed by atoms with van der Waals surface area (Å²) in [5.41, 5.74) is 6.59. The van der Waals surface area contributed by atoms with Crippen LogP contribution in [0.15, 0.2) is 47.5 Å². The third kappa shape index (κ3) is 4.85. The summed E-state index contributed by atoms with van der Waals surface area (Å²) in [7, 11) is 0. The van der Waals surface area contributed by atoms with E-state index in [4.69, 9.17) is 5.73 Å². The predicted molar refractivity (Wildman–Crippen MR) is 143 cm³/mol. The van der Waals surface area contributed by atoms with Crippen molar-refractivity contribution in [2.45, 2.75) is 62.7 Å². The van der Waals surface area contributed by atoms with Crippen molar-refractivity contribution >= 4 is 11.7 Å². The SMILES string of the molecule is N[C@@H]1CCN(C(=O)N2CCN(Cc3cnc4ccc(F)cn4c3=O)C3(CCCC3)C2)[C@H](c2cc(F)ccc2F)C1. The lowest BCUT2D eigenvalue weighted by Crippen LogP contribution is -2.64. The first kappa shape index (κ1) is 26.8. The van der Waals surface area contributed by atoms with Gasteiger partial charge in [0.2, 0.25) is 0 Å². The van der Waals surface area contributed by atoms with E-state index in [9.17, 15) is 22.8 Å². The summed E-state index contributed by atoms with van der Waals surface area (Å²) in [5.74, 6) is -1.61. The summed E-state index contributed by atoms with van der Waals surface area (Å²) in [6, 6.07) is 5.02. The average molecular weight is 555 g/mol. The fraction of sp³-hybridized carbons (Fsp3) is 0.483. The largest absolute Gasteiger partial charge is 0.328 e. The molecule has 40 heavy (non-hydrogen) atoms. The minimum absolute atomic E-state index is 0.151. The molecule has 3 fully saturated rings. The summed E-state index contributed by atoms with van der Waals surface area (Å²) < 4.78 is 43.9. The Bertz CT molecular complexity index is 1490. The van der Waals surface area contributed by atoms with E-state index in [1.807, 2.05) is 4.90 Å². The van der Waals surface area contributed by atoms with Crippen molar-refractivity contribution in [3.63, 3.8) is 0 Å². The van der Waals surface area contributed by atoms with Crippen LogP contribution in [0.1, 0.15) is 55.7 Å². The molecule has 2 atom stereocenters. The number of carbonyl (C=O) groups excluding carboxylic acids is 1. The number of nitrogens with zero attached hydrogens (tertiary/aromatic N) is 5. The van der Waals surface area contributed by atoms with E-state index in [2.05, 4.69) is 9.88 Å². The van der Waals surface area contributed by atoms with Crippen LogP contribution < -0.4 is 11.3 Å². The number of aromatic nitrogens is 2. The van der Waals surface area contributed by atoms with Gasteiger partial charge in [-0.3, -0.25) is 14.1 Å². The first-order valence-corrected chi connectivity index (χ1v) is 13.9. The van der Waals surface area contributed by atoms with E-state index in [1.54, 1.807) is 11.1 Å². The topological polar surface area (TPSA) is 87.2 Å². The molecular formula is C29H33F3N6O2. The van der Waals surface area contributed by atoms with Crippen molar-refractivity contribution < 1.29 is 18.0 Å². The average Bonchev–Trinajstić information content (AvgIpc) is 3.41. The van der Waals surface area contributed by atoms with Crippen LogP contribution in [0.25, 0.3) is 5.65 Å². The van der Waals surface area contributed by atoms with Crippen LogP contribution in [0, 0.1) is 17.5 Å². The van der Waals surface area contributed by atoms with Crippen molar-refractivity contribution in [1.82, 2.24) is 24.1 Å². The number of fused-ring (bicyclic) bond motifs is 1. The standard InChI is InChI=1S/C29H33F3N6O2/c30-20-3-5-24(32)23(13-20)25-14-22(33)7-10-37(25)28(40)35-11-12-36(29(18-35)8-1-2-9-29)16-19-15-34-26-6-4-21(31)17-38(26)27(19)39/h3-6,13,15,17,22,25H,1-2,7-12,14,16,18,33H2/t22-,25+/m1/s1. The number of benzene rings is 1. The summed E-state index contributed by atoms with van der Waals surface area (Å²) in [5, 5.41) is 0. The normalized spacial score (nSPS) is 23.3. The Morgan fingerprint density at radius 3 is 2.62 bits per heavy atom. The molecule has 3 aromatic rings. The van der Waals surface area contributed by atoms with Gasteiger partial charge in [0.05, 0.1) is 11.6 Å². The van der Waals surface area contributed by atoms with E-state index in [0.29, 0.717) is 56.8 Å². The van der Waals surface area contributed by atoms with E-state index in [0.717, 1.165) is 50.1 Å². The van der Waals surface area contributed by atoms with Crippen molar-refractivity contribution in [2.24, 2.45) is 5.73 Å². The quantitative estimate of drug-likeness (QED) is 0.532. The molecule has 2 aromatic heterocycles. The number of hydrogen-bond acceptors (Lipinski definition) is 5. The molecule has 1 spiro atoms. The third-order valence-electron chi connectivity index (χ3n) is 8.90. The van der Waals surface area contributed by atoms with Gasteiger partial charge in [0, 0.05) is 62.3 Å². The number of nitrogens with two attached hydrogens (primary N) is 1. The highest BCUT2D eigenvalue weighted by atomic mass is 19.1. The molecule has 1 saturated carbocycles.